The number of amides is 1. The van der Waals surface area contributed by atoms with Crippen molar-refractivity contribution in [3.05, 3.63) is 23.2 Å². The molecule has 0 aliphatic heterocycles. The highest BCUT2D eigenvalue weighted by Gasteiger charge is 2.29. The molecule has 0 spiro atoms. The normalized spacial score (nSPS) is 11.2. The molecule has 3 N–H and O–H groups in total. The molecule has 4 nitrogen and oxygen atoms in total. The van der Waals surface area contributed by atoms with E-state index in [1.807, 2.05) is 13.8 Å². The Labute approximate surface area is 112 Å². The third-order valence-corrected chi connectivity index (χ3v) is 3.42. The van der Waals surface area contributed by atoms with Gasteiger partial charge in [0.15, 0.2) is 0 Å². The first kappa shape index (κ1) is 14.8. The average Bonchev–Trinajstić information content (AvgIpc) is 2.38. The van der Waals surface area contributed by atoms with Crippen molar-refractivity contribution in [3.8, 4) is 5.75 Å². The fraction of sp³-hybridized carbons (Fsp3) is 0.462. The maximum Gasteiger partial charge on any atom is 0.244 e. The number of nitrogens with two attached hydrogens (primary N) is 1. The maximum absolute atomic E-state index is 12.1. The Kier molecular flexibility index (Phi) is 4.99. The van der Waals surface area contributed by atoms with Crippen molar-refractivity contribution in [2.45, 2.75) is 32.2 Å². The highest BCUT2D eigenvalue weighted by Crippen LogP contribution is 2.27. The third kappa shape index (κ3) is 3.15. The van der Waals surface area contributed by atoms with Gasteiger partial charge in [-0.25, -0.2) is 0 Å². The van der Waals surface area contributed by atoms with Crippen molar-refractivity contribution in [1.29, 1.82) is 0 Å². The van der Waals surface area contributed by atoms with Gasteiger partial charge in [0.1, 0.15) is 5.75 Å². The summed E-state index contributed by atoms with van der Waals surface area (Å²) in [6.45, 7) is 3.79. The van der Waals surface area contributed by atoms with Gasteiger partial charge in [0.25, 0.3) is 0 Å². The molecule has 100 valence electrons. The number of carbonyl (C=O) groups is 1. The van der Waals surface area contributed by atoms with Crippen LogP contribution in [0.2, 0.25) is 5.02 Å². The lowest BCUT2D eigenvalue weighted by Crippen LogP contribution is -2.50. The van der Waals surface area contributed by atoms with Gasteiger partial charge in [0, 0.05) is 5.69 Å². The Morgan fingerprint density at radius 3 is 2.50 bits per heavy atom. The minimum absolute atomic E-state index is 0.200. The number of anilines is 1. The molecule has 1 rings (SSSR count). The summed E-state index contributed by atoms with van der Waals surface area (Å²) in [6, 6.07) is 5.08. The summed E-state index contributed by atoms with van der Waals surface area (Å²) in [5.74, 6) is 0.369. The van der Waals surface area contributed by atoms with Crippen LogP contribution >= 0.6 is 11.6 Å². The first-order valence-electron chi connectivity index (χ1n) is 5.90. The van der Waals surface area contributed by atoms with E-state index in [1.165, 1.54) is 0 Å². The van der Waals surface area contributed by atoms with Crippen molar-refractivity contribution in [1.82, 2.24) is 0 Å². The first-order chi connectivity index (χ1) is 8.46. The SMILES string of the molecule is CCC(N)(CC)C(=O)Nc1ccc(OC)c(Cl)c1. The molecule has 0 aromatic heterocycles. The molecule has 1 aromatic rings. The average molecular weight is 271 g/mol. The molecule has 1 amide bonds. The maximum atomic E-state index is 12.1. The number of halogens is 1. The zero-order valence-electron chi connectivity index (χ0n) is 10.9. The third-order valence-electron chi connectivity index (χ3n) is 3.12. The number of methoxy groups -OCH3 is 1. The standard InChI is InChI=1S/C13H19ClN2O2/c1-4-13(15,5-2)12(17)16-9-6-7-11(18-3)10(14)8-9/h6-8H,4-5,15H2,1-3H3,(H,16,17). The summed E-state index contributed by atoms with van der Waals surface area (Å²) >= 11 is 5.99. The minimum atomic E-state index is -0.841. The summed E-state index contributed by atoms with van der Waals surface area (Å²) in [4.78, 5) is 12.1. The van der Waals surface area contributed by atoms with Gasteiger partial charge in [-0.15, -0.1) is 0 Å². The molecule has 0 radical (unpaired) electrons. The van der Waals surface area contributed by atoms with Gasteiger partial charge in [-0.1, -0.05) is 25.4 Å². The molecule has 0 fully saturated rings. The van der Waals surface area contributed by atoms with E-state index < -0.39 is 5.54 Å². The fourth-order valence-corrected chi connectivity index (χ4v) is 1.83. The van der Waals surface area contributed by atoms with Crippen LogP contribution in [0, 0.1) is 0 Å². The lowest BCUT2D eigenvalue weighted by molar-refractivity contribution is -0.121. The van der Waals surface area contributed by atoms with Gasteiger partial charge in [-0.05, 0) is 31.0 Å². The van der Waals surface area contributed by atoms with Crippen molar-refractivity contribution in [2.24, 2.45) is 5.73 Å². The minimum Gasteiger partial charge on any atom is -0.495 e. The number of hydrogen-bond acceptors (Lipinski definition) is 3. The summed E-state index contributed by atoms with van der Waals surface area (Å²) in [5, 5.41) is 3.22. The van der Waals surface area contributed by atoms with Crippen molar-refractivity contribution in [3.63, 3.8) is 0 Å². The highest BCUT2D eigenvalue weighted by molar-refractivity contribution is 6.32. The summed E-state index contributed by atoms with van der Waals surface area (Å²) in [7, 11) is 1.54. The van der Waals surface area contributed by atoms with Crippen molar-refractivity contribution in [2.75, 3.05) is 12.4 Å². The number of hydrogen-bond donors (Lipinski definition) is 2. The van der Waals surface area contributed by atoms with Crippen molar-refractivity contribution >= 4 is 23.2 Å². The Bertz CT molecular complexity index is 431. The highest BCUT2D eigenvalue weighted by atomic mass is 35.5. The van der Waals surface area contributed by atoms with Crippen LogP contribution in [-0.4, -0.2) is 18.6 Å². The van der Waals surface area contributed by atoms with Gasteiger partial charge < -0.3 is 15.8 Å². The van der Waals surface area contributed by atoms with Crippen LogP contribution in [0.4, 0.5) is 5.69 Å². The van der Waals surface area contributed by atoms with E-state index in [1.54, 1.807) is 25.3 Å². The van der Waals surface area contributed by atoms with E-state index >= 15 is 0 Å². The Balaban J connectivity index is 2.85. The molecular formula is C13H19ClN2O2. The summed E-state index contributed by atoms with van der Waals surface area (Å²) in [5.41, 5.74) is 5.78. The van der Waals surface area contributed by atoms with Crippen LogP contribution in [0.25, 0.3) is 0 Å². The van der Waals surface area contributed by atoms with Crippen LogP contribution in [0.5, 0.6) is 5.75 Å². The van der Waals surface area contributed by atoms with E-state index in [0.717, 1.165) is 0 Å². The van der Waals surface area contributed by atoms with Gasteiger partial charge in [-0.3, -0.25) is 4.79 Å². The predicted molar refractivity (Wildman–Crippen MR) is 74.1 cm³/mol. The number of ether oxygens (including phenoxy) is 1. The molecule has 18 heavy (non-hydrogen) atoms. The number of nitrogens with one attached hydrogen (secondary N) is 1. The molecule has 0 aliphatic rings. The van der Waals surface area contributed by atoms with E-state index in [2.05, 4.69) is 5.32 Å². The molecule has 0 unspecified atom stereocenters. The molecule has 0 bridgehead atoms. The van der Waals surface area contributed by atoms with Gasteiger partial charge in [0.2, 0.25) is 5.91 Å². The number of rotatable bonds is 5. The van der Waals surface area contributed by atoms with Crippen LogP contribution < -0.4 is 15.8 Å². The van der Waals surface area contributed by atoms with E-state index in [-0.39, 0.29) is 5.91 Å². The molecular weight excluding hydrogens is 252 g/mol. The molecule has 0 atom stereocenters. The topological polar surface area (TPSA) is 64.4 Å². The first-order valence-corrected chi connectivity index (χ1v) is 6.28. The van der Waals surface area contributed by atoms with Crippen LogP contribution in [-0.2, 0) is 4.79 Å². The largest absolute Gasteiger partial charge is 0.495 e. The zero-order valence-corrected chi connectivity index (χ0v) is 11.7. The molecule has 1 aromatic carbocycles. The lowest BCUT2D eigenvalue weighted by Gasteiger charge is -2.25. The number of carbonyl (C=O) groups excluding carboxylic acids is 1. The van der Waals surface area contributed by atoms with Crippen molar-refractivity contribution < 1.29 is 9.53 Å². The van der Waals surface area contributed by atoms with Gasteiger partial charge in [0.05, 0.1) is 17.7 Å². The van der Waals surface area contributed by atoms with Gasteiger partial charge >= 0.3 is 0 Å². The Hall–Kier alpha value is -1.26. The van der Waals surface area contributed by atoms with E-state index in [4.69, 9.17) is 22.1 Å². The Morgan fingerprint density at radius 2 is 2.06 bits per heavy atom. The molecule has 5 heteroatoms. The lowest BCUT2D eigenvalue weighted by atomic mass is 9.93. The second-order valence-electron chi connectivity index (χ2n) is 4.17. The zero-order chi connectivity index (χ0) is 13.8. The molecule has 0 saturated heterocycles. The van der Waals surface area contributed by atoms with E-state index in [9.17, 15) is 4.79 Å². The van der Waals surface area contributed by atoms with Crippen LogP contribution in [0.3, 0.4) is 0 Å². The Morgan fingerprint density at radius 1 is 1.44 bits per heavy atom. The summed E-state index contributed by atoms with van der Waals surface area (Å²) < 4.78 is 5.05. The summed E-state index contributed by atoms with van der Waals surface area (Å²) in [6.07, 6.45) is 1.17. The van der Waals surface area contributed by atoms with E-state index in [0.29, 0.717) is 29.3 Å². The molecule has 0 saturated carbocycles. The quantitative estimate of drug-likeness (QED) is 0.865. The monoisotopic (exact) mass is 270 g/mol. The molecule has 0 aliphatic carbocycles. The fourth-order valence-electron chi connectivity index (χ4n) is 1.57. The second kappa shape index (κ2) is 6.07. The second-order valence-corrected chi connectivity index (χ2v) is 4.57. The van der Waals surface area contributed by atoms with Gasteiger partial charge in [-0.2, -0.15) is 0 Å². The predicted octanol–water partition coefficient (Wildman–Crippen LogP) is 2.80. The number of benzene rings is 1. The van der Waals surface area contributed by atoms with Crippen LogP contribution in [0.15, 0.2) is 18.2 Å². The smallest absolute Gasteiger partial charge is 0.244 e. The molecule has 0 heterocycles. The van der Waals surface area contributed by atoms with Crippen LogP contribution in [0.1, 0.15) is 26.7 Å².